The van der Waals surface area contributed by atoms with Crippen LogP contribution in [-0.2, 0) is 0 Å². The summed E-state index contributed by atoms with van der Waals surface area (Å²) in [7, 11) is 0. The minimum absolute atomic E-state index is 0.243. The number of benzene rings is 1. The molecule has 18 heavy (non-hydrogen) atoms. The topological polar surface area (TPSA) is 68.0 Å². The zero-order valence-corrected chi connectivity index (χ0v) is 11.5. The van der Waals surface area contributed by atoms with Gasteiger partial charge in [0, 0.05) is 0 Å². The van der Waals surface area contributed by atoms with E-state index >= 15 is 0 Å². The number of nitrogens with two attached hydrogens (primary N) is 1. The second-order valence-electron chi connectivity index (χ2n) is 3.90. The summed E-state index contributed by atoms with van der Waals surface area (Å²) in [6.45, 7) is 3.68. The molecule has 3 N–H and O–H groups in total. The first-order valence-electron chi connectivity index (χ1n) is 5.28. The normalized spacial score (nSPS) is 10.4. The van der Waals surface area contributed by atoms with Gasteiger partial charge in [0.15, 0.2) is 5.13 Å². The van der Waals surface area contributed by atoms with Crippen LogP contribution in [-0.4, -0.2) is 10.9 Å². The van der Waals surface area contributed by atoms with Crippen molar-refractivity contribution >= 4 is 39.7 Å². The first-order valence-corrected chi connectivity index (χ1v) is 6.47. The van der Waals surface area contributed by atoms with Gasteiger partial charge in [-0.25, -0.2) is 4.98 Å². The highest BCUT2D eigenvalue weighted by Crippen LogP contribution is 2.25. The summed E-state index contributed by atoms with van der Waals surface area (Å²) < 4.78 is 0. The van der Waals surface area contributed by atoms with Gasteiger partial charge in [0.1, 0.15) is 4.88 Å². The first-order chi connectivity index (χ1) is 8.47. The summed E-state index contributed by atoms with van der Waals surface area (Å²) in [5.41, 5.74) is 7.81. The van der Waals surface area contributed by atoms with E-state index in [0.717, 1.165) is 16.9 Å². The number of carbonyl (C=O) groups is 1. The number of nitrogens with one attached hydrogen (secondary N) is 1. The van der Waals surface area contributed by atoms with Crippen molar-refractivity contribution in [2.24, 2.45) is 0 Å². The van der Waals surface area contributed by atoms with E-state index in [1.807, 2.05) is 13.0 Å². The van der Waals surface area contributed by atoms with Crippen molar-refractivity contribution in [3.05, 3.63) is 39.4 Å². The summed E-state index contributed by atoms with van der Waals surface area (Å²) in [5.74, 6) is -0.243. The minimum atomic E-state index is -0.243. The third kappa shape index (κ3) is 2.63. The summed E-state index contributed by atoms with van der Waals surface area (Å²) in [4.78, 5) is 16.5. The van der Waals surface area contributed by atoms with Gasteiger partial charge < -0.3 is 11.1 Å². The molecule has 2 rings (SSSR count). The van der Waals surface area contributed by atoms with Gasteiger partial charge in [-0.2, -0.15) is 0 Å². The summed E-state index contributed by atoms with van der Waals surface area (Å²) in [6, 6.07) is 5.45. The molecular formula is C12H12ClN3OS. The number of rotatable bonds is 2. The Labute approximate surface area is 114 Å². The summed E-state index contributed by atoms with van der Waals surface area (Å²) in [5, 5.41) is 3.65. The van der Waals surface area contributed by atoms with E-state index < -0.39 is 0 Å². The van der Waals surface area contributed by atoms with Crippen molar-refractivity contribution in [1.82, 2.24) is 4.98 Å². The van der Waals surface area contributed by atoms with Crippen LogP contribution in [0.15, 0.2) is 18.2 Å². The van der Waals surface area contributed by atoms with Crippen LogP contribution < -0.4 is 11.1 Å². The minimum Gasteiger partial charge on any atom is -0.375 e. The van der Waals surface area contributed by atoms with Crippen molar-refractivity contribution < 1.29 is 4.79 Å². The van der Waals surface area contributed by atoms with E-state index in [9.17, 15) is 4.79 Å². The molecule has 0 aliphatic heterocycles. The molecule has 6 heteroatoms. The standard InChI is InChI=1S/C12H12ClN3OS/c1-6-3-4-9(8(13)5-6)16-11(17)10-7(2)15-12(14)18-10/h3-5H,1-2H3,(H2,14,15)(H,16,17). The highest BCUT2D eigenvalue weighted by molar-refractivity contribution is 7.17. The number of hydrogen-bond acceptors (Lipinski definition) is 4. The van der Waals surface area contributed by atoms with Gasteiger partial charge >= 0.3 is 0 Å². The quantitative estimate of drug-likeness (QED) is 0.888. The number of aryl methyl sites for hydroxylation is 2. The number of anilines is 2. The van der Waals surface area contributed by atoms with E-state index in [1.165, 1.54) is 0 Å². The molecule has 1 aromatic heterocycles. The Balaban J connectivity index is 2.24. The summed E-state index contributed by atoms with van der Waals surface area (Å²) in [6.07, 6.45) is 0. The number of carbonyl (C=O) groups excluding carboxylic acids is 1. The number of aromatic nitrogens is 1. The fourth-order valence-electron chi connectivity index (χ4n) is 1.53. The molecule has 94 valence electrons. The lowest BCUT2D eigenvalue weighted by Gasteiger charge is -2.06. The van der Waals surface area contributed by atoms with Gasteiger partial charge in [0.25, 0.3) is 5.91 Å². The number of nitrogens with zero attached hydrogens (tertiary/aromatic N) is 1. The molecule has 0 bridgehead atoms. The maximum atomic E-state index is 12.0. The molecule has 0 spiro atoms. The van der Waals surface area contributed by atoms with E-state index in [2.05, 4.69) is 10.3 Å². The van der Waals surface area contributed by atoms with E-state index in [0.29, 0.717) is 26.4 Å². The average Bonchev–Trinajstić information content (AvgIpc) is 2.62. The van der Waals surface area contributed by atoms with Crippen LogP contribution in [0.5, 0.6) is 0 Å². The number of thiazole rings is 1. The Morgan fingerprint density at radius 1 is 1.44 bits per heavy atom. The lowest BCUT2D eigenvalue weighted by atomic mass is 10.2. The first kappa shape index (κ1) is 12.9. The van der Waals surface area contributed by atoms with Gasteiger partial charge in [-0.05, 0) is 31.5 Å². The highest BCUT2D eigenvalue weighted by atomic mass is 35.5. The molecule has 4 nitrogen and oxygen atoms in total. The van der Waals surface area contributed by atoms with Gasteiger partial charge in [-0.15, -0.1) is 0 Å². The number of halogens is 1. The lowest BCUT2D eigenvalue weighted by molar-refractivity contribution is 0.103. The van der Waals surface area contributed by atoms with Crippen molar-refractivity contribution in [3.8, 4) is 0 Å². The van der Waals surface area contributed by atoms with Crippen molar-refractivity contribution in [1.29, 1.82) is 0 Å². The van der Waals surface area contributed by atoms with Crippen molar-refractivity contribution in [3.63, 3.8) is 0 Å². The molecule has 0 saturated carbocycles. The molecule has 0 atom stereocenters. The predicted molar refractivity (Wildman–Crippen MR) is 75.4 cm³/mol. The zero-order valence-electron chi connectivity index (χ0n) is 9.95. The Morgan fingerprint density at radius 2 is 2.17 bits per heavy atom. The average molecular weight is 282 g/mol. The number of hydrogen-bond donors (Lipinski definition) is 2. The van der Waals surface area contributed by atoms with Gasteiger partial charge in [-0.1, -0.05) is 29.0 Å². The van der Waals surface area contributed by atoms with E-state index in [-0.39, 0.29) is 5.91 Å². The van der Waals surface area contributed by atoms with Crippen LogP contribution in [0.2, 0.25) is 5.02 Å². The monoisotopic (exact) mass is 281 g/mol. The zero-order chi connectivity index (χ0) is 13.3. The lowest BCUT2D eigenvalue weighted by Crippen LogP contribution is -2.11. The number of nitrogen functional groups attached to an aromatic ring is 1. The van der Waals surface area contributed by atoms with E-state index in [4.69, 9.17) is 17.3 Å². The fraction of sp³-hybridized carbons (Fsp3) is 0.167. The van der Waals surface area contributed by atoms with Crippen LogP contribution in [0, 0.1) is 13.8 Å². The van der Waals surface area contributed by atoms with E-state index in [1.54, 1.807) is 19.1 Å². The molecule has 0 fully saturated rings. The highest BCUT2D eigenvalue weighted by Gasteiger charge is 2.15. The van der Waals surface area contributed by atoms with Crippen LogP contribution in [0.4, 0.5) is 10.8 Å². The molecule has 1 aromatic carbocycles. The van der Waals surface area contributed by atoms with Crippen LogP contribution in [0.3, 0.4) is 0 Å². The third-order valence-corrected chi connectivity index (χ3v) is 3.69. The maximum Gasteiger partial charge on any atom is 0.267 e. The van der Waals surface area contributed by atoms with Crippen LogP contribution in [0.25, 0.3) is 0 Å². The second-order valence-corrected chi connectivity index (χ2v) is 5.34. The van der Waals surface area contributed by atoms with Crippen LogP contribution in [0.1, 0.15) is 20.9 Å². The largest absolute Gasteiger partial charge is 0.375 e. The Hall–Kier alpha value is -1.59. The molecule has 1 heterocycles. The molecule has 0 aliphatic rings. The molecule has 1 amide bonds. The molecule has 0 unspecified atom stereocenters. The van der Waals surface area contributed by atoms with Gasteiger partial charge in [0.05, 0.1) is 16.4 Å². The molecule has 2 aromatic rings. The Kier molecular flexibility index (Phi) is 3.54. The smallest absolute Gasteiger partial charge is 0.267 e. The molecule has 0 radical (unpaired) electrons. The van der Waals surface area contributed by atoms with Gasteiger partial charge in [0.2, 0.25) is 0 Å². The molecule has 0 saturated heterocycles. The Morgan fingerprint density at radius 3 is 2.72 bits per heavy atom. The number of amides is 1. The molecular weight excluding hydrogens is 270 g/mol. The van der Waals surface area contributed by atoms with Crippen molar-refractivity contribution in [2.75, 3.05) is 11.1 Å². The second kappa shape index (κ2) is 4.96. The van der Waals surface area contributed by atoms with Crippen molar-refractivity contribution in [2.45, 2.75) is 13.8 Å². The predicted octanol–water partition coefficient (Wildman–Crippen LogP) is 3.25. The third-order valence-electron chi connectivity index (χ3n) is 2.39. The Bertz CT molecular complexity index is 609. The fourth-order valence-corrected chi connectivity index (χ4v) is 2.54. The van der Waals surface area contributed by atoms with Crippen LogP contribution >= 0.6 is 22.9 Å². The maximum absolute atomic E-state index is 12.0. The SMILES string of the molecule is Cc1ccc(NC(=O)c2sc(N)nc2C)c(Cl)c1. The van der Waals surface area contributed by atoms with Gasteiger partial charge in [-0.3, -0.25) is 4.79 Å². The summed E-state index contributed by atoms with van der Waals surface area (Å²) >= 11 is 7.22. The molecule has 0 aliphatic carbocycles.